The second kappa shape index (κ2) is 5.94. The molecule has 4 aliphatic rings. The third-order valence-electron chi connectivity index (χ3n) is 5.50. The molecule has 4 bridgehead atoms. The van der Waals surface area contributed by atoms with Gasteiger partial charge in [-0.3, -0.25) is 4.79 Å². The molecule has 4 aliphatic carbocycles. The van der Waals surface area contributed by atoms with Gasteiger partial charge in [0.05, 0.1) is 16.3 Å². The molecule has 0 saturated heterocycles. The predicted molar refractivity (Wildman–Crippen MR) is 79.4 cm³/mol. The molecule has 0 aromatic rings. The van der Waals surface area contributed by atoms with Crippen molar-refractivity contribution < 1.29 is 29.3 Å². The topological polar surface area (TPSA) is 85.2 Å². The standard InChI is InChI=1S/C15H24O6S/c1-14(2,22-21-20-18)8-19-13(17)15-5-9-3-10(6-15)12(16)11(4-9)7-15/h9-12,16,18H,3-8H2,1-2H3. The summed E-state index contributed by atoms with van der Waals surface area (Å²) in [4.78, 5) is 12.7. The van der Waals surface area contributed by atoms with Crippen LogP contribution in [0.2, 0.25) is 0 Å². The summed E-state index contributed by atoms with van der Waals surface area (Å²) in [5, 5.41) is 22.1. The van der Waals surface area contributed by atoms with E-state index in [1.807, 2.05) is 13.8 Å². The van der Waals surface area contributed by atoms with Crippen LogP contribution in [0.5, 0.6) is 0 Å². The Morgan fingerprint density at radius 1 is 1.27 bits per heavy atom. The molecule has 2 unspecified atom stereocenters. The Kier molecular flexibility index (Phi) is 4.46. The van der Waals surface area contributed by atoms with E-state index in [0.717, 1.165) is 44.1 Å². The lowest BCUT2D eigenvalue weighted by atomic mass is 9.48. The maximum Gasteiger partial charge on any atom is 0.312 e. The highest BCUT2D eigenvalue weighted by Gasteiger charge is 2.59. The fourth-order valence-corrected chi connectivity index (χ4v) is 5.09. The molecule has 2 N–H and O–H groups in total. The molecule has 0 heterocycles. The number of carbonyl (C=O) groups is 1. The summed E-state index contributed by atoms with van der Waals surface area (Å²) in [6.45, 7) is 3.87. The maximum atomic E-state index is 12.7. The Hall–Kier alpha value is -0.340. The highest BCUT2D eigenvalue weighted by Crippen LogP contribution is 2.60. The Morgan fingerprint density at radius 3 is 2.50 bits per heavy atom. The molecular formula is C15H24O6S. The van der Waals surface area contributed by atoms with Crippen molar-refractivity contribution in [1.29, 1.82) is 0 Å². The van der Waals surface area contributed by atoms with Gasteiger partial charge in [0.15, 0.2) is 0 Å². The molecule has 126 valence electrons. The molecule has 0 radical (unpaired) electrons. The SMILES string of the molecule is CC(C)(COC(=O)C12CC3CC(C1)C(O)C(C3)C2)SOOO. The van der Waals surface area contributed by atoms with E-state index in [1.165, 1.54) is 0 Å². The van der Waals surface area contributed by atoms with Crippen molar-refractivity contribution in [1.82, 2.24) is 0 Å². The summed E-state index contributed by atoms with van der Waals surface area (Å²) in [5.41, 5.74) is -0.398. The Morgan fingerprint density at radius 2 is 1.91 bits per heavy atom. The van der Waals surface area contributed by atoms with Crippen LogP contribution in [0, 0.1) is 23.2 Å². The highest BCUT2D eigenvalue weighted by atomic mass is 32.2. The third kappa shape index (κ3) is 3.01. The molecule has 0 aliphatic heterocycles. The molecule has 4 fully saturated rings. The van der Waals surface area contributed by atoms with E-state index in [1.54, 1.807) is 0 Å². The summed E-state index contributed by atoms with van der Waals surface area (Å²) in [6, 6.07) is 0. The number of aliphatic hydroxyl groups excluding tert-OH is 1. The minimum atomic E-state index is -0.514. The number of esters is 1. The molecule has 4 saturated carbocycles. The lowest BCUT2D eigenvalue weighted by Crippen LogP contribution is -2.56. The van der Waals surface area contributed by atoms with Gasteiger partial charge >= 0.3 is 5.97 Å². The minimum absolute atomic E-state index is 0.141. The summed E-state index contributed by atoms with van der Waals surface area (Å²) in [6.07, 6.45) is 4.27. The lowest BCUT2D eigenvalue weighted by molar-refractivity contribution is -0.432. The van der Waals surface area contributed by atoms with Gasteiger partial charge in [-0.1, -0.05) is 5.04 Å². The molecule has 0 aromatic heterocycles. The van der Waals surface area contributed by atoms with Crippen LogP contribution in [0.3, 0.4) is 0 Å². The van der Waals surface area contributed by atoms with E-state index in [2.05, 4.69) is 9.37 Å². The zero-order valence-corrected chi connectivity index (χ0v) is 13.8. The van der Waals surface area contributed by atoms with Gasteiger partial charge in [-0.05, 0) is 63.7 Å². The second-order valence-electron chi connectivity index (χ2n) is 7.80. The highest BCUT2D eigenvalue weighted by molar-refractivity contribution is 7.95. The Balaban J connectivity index is 1.61. The monoisotopic (exact) mass is 332 g/mol. The first kappa shape index (κ1) is 16.5. The molecule has 22 heavy (non-hydrogen) atoms. The van der Waals surface area contributed by atoms with Crippen LogP contribution in [0.15, 0.2) is 0 Å². The van der Waals surface area contributed by atoms with Crippen molar-refractivity contribution >= 4 is 18.0 Å². The van der Waals surface area contributed by atoms with Crippen LogP contribution in [-0.2, 0) is 18.9 Å². The van der Waals surface area contributed by atoms with Crippen molar-refractivity contribution in [2.75, 3.05) is 6.61 Å². The quantitative estimate of drug-likeness (QED) is 0.335. The smallest absolute Gasteiger partial charge is 0.312 e. The van der Waals surface area contributed by atoms with Gasteiger partial charge in [-0.2, -0.15) is 0 Å². The van der Waals surface area contributed by atoms with E-state index in [4.69, 9.17) is 9.99 Å². The van der Waals surface area contributed by atoms with E-state index in [9.17, 15) is 9.90 Å². The molecule has 0 aromatic carbocycles. The minimum Gasteiger partial charge on any atom is -0.464 e. The first-order valence-corrected chi connectivity index (χ1v) is 8.61. The number of hydrogen-bond donors (Lipinski definition) is 2. The van der Waals surface area contributed by atoms with Crippen molar-refractivity contribution in [3.63, 3.8) is 0 Å². The van der Waals surface area contributed by atoms with Crippen molar-refractivity contribution in [2.45, 2.75) is 56.8 Å². The molecule has 2 atom stereocenters. The maximum absolute atomic E-state index is 12.7. The van der Waals surface area contributed by atoms with E-state index in [-0.39, 0.29) is 30.5 Å². The number of rotatable bonds is 6. The predicted octanol–water partition coefficient (Wildman–Crippen LogP) is 2.56. The third-order valence-corrected chi connectivity index (χ3v) is 6.20. The van der Waals surface area contributed by atoms with E-state index >= 15 is 0 Å². The molecule has 0 spiro atoms. The lowest BCUT2D eigenvalue weighted by Gasteiger charge is -2.57. The van der Waals surface area contributed by atoms with Crippen molar-refractivity contribution in [3.05, 3.63) is 0 Å². The molecule has 0 amide bonds. The summed E-state index contributed by atoms with van der Waals surface area (Å²) >= 11 is 0.909. The van der Waals surface area contributed by atoms with Gasteiger partial charge in [0.1, 0.15) is 6.61 Å². The van der Waals surface area contributed by atoms with E-state index in [0.29, 0.717) is 5.92 Å². The van der Waals surface area contributed by atoms with E-state index < -0.39 is 10.2 Å². The van der Waals surface area contributed by atoms with Gasteiger partial charge in [0.2, 0.25) is 0 Å². The second-order valence-corrected chi connectivity index (χ2v) is 9.21. The van der Waals surface area contributed by atoms with Crippen molar-refractivity contribution in [3.8, 4) is 0 Å². The Labute approximate surface area is 134 Å². The van der Waals surface area contributed by atoms with Crippen LogP contribution < -0.4 is 0 Å². The average molecular weight is 332 g/mol. The molecule has 4 rings (SSSR count). The zero-order chi connectivity index (χ0) is 16.0. The zero-order valence-electron chi connectivity index (χ0n) is 13.0. The summed E-state index contributed by atoms with van der Waals surface area (Å²) in [7, 11) is 0. The number of ether oxygens (including phenoxy) is 1. The number of hydrogen-bond acceptors (Lipinski definition) is 7. The molecular weight excluding hydrogens is 308 g/mol. The molecule has 7 heteroatoms. The molecule has 6 nitrogen and oxygen atoms in total. The van der Waals surface area contributed by atoms with Gasteiger partial charge in [0.25, 0.3) is 0 Å². The average Bonchev–Trinajstić information content (AvgIpc) is 2.47. The first-order chi connectivity index (χ1) is 10.4. The van der Waals surface area contributed by atoms with Crippen LogP contribution in [0.1, 0.15) is 46.0 Å². The van der Waals surface area contributed by atoms with Gasteiger partial charge in [-0.15, -0.1) is 4.33 Å². The van der Waals surface area contributed by atoms with Crippen LogP contribution in [0.25, 0.3) is 0 Å². The fourth-order valence-electron chi connectivity index (χ4n) is 4.77. The first-order valence-electron chi connectivity index (χ1n) is 7.86. The van der Waals surface area contributed by atoms with Gasteiger partial charge in [0, 0.05) is 12.0 Å². The normalized spacial score (nSPS) is 40.0. The van der Waals surface area contributed by atoms with Crippen LogP contribution >= 0.6 is 12.0 Å². The van der Waals surface area contributed by atoms with Gasteiger partial charge < -0.3 is 9.84 Å². The van der Waals surface area contributed by atoms with Crippen LogP contribution in [-0.4, -0.2) is 33.8 Å². The summed E-state index contributed by atoms with van der Waals surface area (Å²) < 4.78 is 9.49. The van der Waals surface area contributed by atoms with Gasteiger partial charge in [-0.25, -0.2) is 5.26 Å². The fraction of sp³-hybridized carbons (Fsp3) is 0.933. The van der Waals surface area contributed by atoms with Crippen LogP contribution in [0.4, 0.5) is 0 Å². The summed E-state index contributed by atoms with van der Waals surface area (Å²) in [5.74, 6) is 0.930. The largest absolute Gasteiger partial charge is 0.464 e. The number of aliphatic hydroxyl groups is 1. The number of carbonyl (C=O) groups excluding carboxylic acids is 1. The van der Waals surface area contributed by atoms with Crippen molar-refractivity contribution in [2.24, 2.45) is 23.2 Å². The Bertz CT molecular complexity index is 424.